The summed E-state index contributed by atoms with van der Waals surface area (Å²) in [5.74, 6) is -0.363. The fourth-order valence-electron chi connectivity index (χ4n) is 1.70. The van der Waals surface area contributed by atoms with E-state index in [4.69, 9.17) is 34.7 Å². The molecule has 0 spiro atoms. The lowest BCUT2D eigenvalue weighted by Gasteiger charge is -2.06. The van der Waals surface area contributed by atoms with Gasteiger partial charge in [0.15, 0.2) is 5.69 Å². The van der Waals surface area contributed by atoms with Gasteiger partial charge in [0.25, 0.3) is 5.91 Å². The van der Waals surface area contributed by atoms with Crippen LogP contribution in [-0.4, -0.2) is 15.5 Å². The molecular weight excluding hydrogens is 287 g/mol. The number of nitrogen functional groups attached to an aromatic ring is 1. The molecule has 0 bridgehead atoms. The van der Waals surface area contributed by atoms with Gasteiger partial charge < -0.3 is 16.0 Å². The number of carbonyl (C=O) groups excluding carboxylic acids is 1. The number of anilines is 1. The summed E-state index contributed by atoms with van der Waals surface area (Å²) < 4.78 is 1.67. The lowest BCUT2D eigenvalue weighted by Crippen LogP contribution is -2.15. The first kappa shape index (κ1) is 13.7. The van der Waals surface area contributed by atoms with E-state index in [2.05, 4.69) is 4.98 Å². The Hall–Kier alpha value is -1.72. The van der Waals surface area contributed by atoms with Crippen molar-refractivity contribution in [3.05, 3.63) is 45.8 Å². The van der Waals surface area contributed by atoms with Gasteiger partial charge in [0.05, 0.1) is 16.4 Å². The Labute approximate surface area is 120 Å². The van der Waals surface area contributed by atoms with Gasteiger partial charge in [-0.25, -0.2) is 4.98 Å². The molecular formula is C12H12Cl2N4O. The molecule has 7 heteroatoms. The van der Waals surface area contributed by atoms with Crippen molar-refractivity contribution >= 4 is 34.9 Å². The third kappa shape index (κ3) is 3.00. The second-order valence-electron chi connectivity index (χ2n) is 4.03. The number of benzene rings is 1. The number of amides is 1. The summed E-state index contributed by atoms with van der Waals surface area (Å²) in [6.07, 6.45) is 2.18. The van der Waals surface area contributed by atoms with Crippen LogP contribution in [0.25, 0.3) is 0 Å². The minimum absolute atomic E-state index is 0.0918. The molecule has 1 amide bonds. The molecule has 4 N–H and O–H groups in total. The van der Waals surface area contributed by atoms with Gasteiger partial charge in [-0.2, -0.15) is 0 Å². The molecule has 2 aromatic rings. The molecule has 1 aromatic heterocycles. The van der Waals surface area contributed by atoms with Crippen LogP contribution in [0.2, 0.25) is 10.0 Å². The zero-order valence-electron chi connectivity index (χ0n) is 9.94. The summed E-state index contributed by atoms with van der Waals surface area (Å²) >= 11 is 11.8. The van der Waals surface area contributed by atoms with E-state index < -0.39 is 5.91 Å². The Morgan fingerprint density at radius 3 is 2.63 bits per heavy atom. The van der Waals surface area contributed by atoms with Gasteiger partial charge >= 0.3 is 0 Å². The maximum Gasteiger partial charge on any atom is 0.271 e. The molecule has 0 radical (unpaired) electrons. The Balaban J connectivity index is 2.10. The fourth-order valence-corrected chi connectivity index (χ4v) is 2.03. The Morgan fingerprint density at radius 1 is 1.32 bits per heavy atom. The van der Waals surface area contributed by atoms with Crippen molar-refractivity contribution < 1.29 is 4.79 Å². The Kier molecular flexibility index (Phi) is 3.97. The molecule has 19 heavy (non-hydrogen) atoms. The van der Waals surface area contributed by atoms with Crippen molar-refractivity contribution in [2.24, 2.45) is 5.73 Å². The Morgan fingerprint density at radius 2 is 2.05 bits per heavy atom. The first-order valence-electron chi connectivity index (χ1n) is 5.53. The molecule has 0 aliphatic heterocycles. The number of primary amides is 1. The van der Waals surface area contributed by atoms with Crippen molar-refractivity contribution in [2.75, 3.05) is 5.73 Å². The number of rotatable bonds is 4. The number of aryl methyl sites for hydroxylation is 2. The van der Waals surface area contributed by atoms with Gasteiger partial charge in [0.2, 0.25) is 0 Å². The largest absolute Gasteiger partial charge is 0.383 e. The standard InChI is InChI=1S/C12H12Cl2N4O/c13-8-2-1-7(5-9(8)14)3-4-18-6-17-10(11(18)15)12(16)19/h1-2,5-6H,3-4,15H2,(H2,16,19). The summed E-state index contributed by atoms with van der Waals surface area (Å²) in [7, 11) is 0. The van der Waals surface area contributed by atoms with E-state index >= 15 is 0 Å². The van der Waals surface area contributed by atoms with E-state index in [1.165, 1.54) is 6.33 Å². The molecule has 0 fully saturated rings. The normalized spacial score (nSPS) is 10.6. The average molecular weight is 299 g/mol. The summed E-state index contributed by atoms with van der Waals surface area (Å²) in [5.41, 5.74) is 12.0. The number of hydrogen-bond donors (Lipinski definition) is 2. The predicted molar refractivity (Wildman–Crippen MR) is 75.3 cm³/mol. The number of halogens is 2. The quantitative estimate of drug-likeness (QED) is 0.906. The number of nitrogens with two attached hydrogens (primary N) is 2. The van der Waals surface area contributed by atoms with Crippen molar-refractivity contribution in [1.29, 1.82) is 0 Å². The molecule has 0 aliphatic carbocycles. The molecule has 0 saturated carbocycles. The lowest BCUT2D eigenvalue weighted by atomic mass is 10.1. The van der Waals surface area contributed by atoms with E-state index in [9.17, 15) is 4.79 Å². The molecule has 0 unspecified atom stereocenters. The molecule has 2 rings (SSSR count). The van der Waals surface area contributed by atoms with Crippen LogP contribution >= 0.6 is 23.2 Å². The smallest absolute Gasteiger partial charge is 0.271 e. The van der Waals surface area contributed by atoms with Crippen LogP contribution in [-0.2, 0) is 13.0 Å². The molecule has 0 aliphatic rings. The predicted octanol–water partition coefficient (Wildman–Crippen LogP) is 2.11. The highest BCUT2D eigenvalue weighted by Crippen LogP contribution is 2.23. The van der Waals surface area contributed by atoms with Crippen LogP contribution in [0.3, 0.4) is 0 Å². The number of hydrogen-bond acceptors (Lipinski definition) is 3. The van der Waals surface area contributed by atoms with Gasteiger partial charge in [0, 0.05) is 6.54 Å². The highest BCUT2D eigenvalue weighted by molar-refractivity contribution is 6.42. The van der Waals surface area contributed by atoms with Gasteiger partial charge in [0.1, 0.15) is 5.82 Å². The molecule has 1 aromatic carbocycles. The highest BCUT2D eigenvalue weighted by Gasteiger charge is 2.12. The number of nitrogens with zero attached hydrogens (tertiary/aromatic N) is 2. The van der Waals surface area contributed by atoms with Crippen molar-refractivity contribution in [3.8, 4) is 0 Å². The second-order valence-corrected chi connectivity index (χ2v) is 4.85. The van der Waals surface area contributed by atoms with Gasteiger partial charge in [-0.1, -0.05) is 29.3 Å². The SMILES string of the molecule is NC(=O)c1ncn(CCc2ccc(Cl)c(Cl)c2)c1N. The monoisotopic (exact) mass is 298 g/mol. The molecule has 1 heterocycles. The number of carbonyl (C=O) groups is 1. The Bertz CT molecular complexity index is 624. The minimum Gasteiger partial charge on any atom is -0.383 e. The summed E-state index contributed by atoms with van der Waals surface area (Å²) in [6.45, 7) is 0.573. The van der Waals surface area contributed by atoms with Crippen LogP contribution in [0.1, 0.15) is 16.1 Å². The van der Waals surface area contributed by atoms with Crippen LogP contribution in [0.15, 0.2) is 24.5 Å². The zero-order valence-corrected chi connectivity index (χ0v) is 11.4. The first-order valence-corrected chi connectivity index (χ1v) is 6.29. The van der Waals surface area contributed by atoms with Crippen LogP contribution in [0.5, 0.6) is 0 Å². The minimum atomic E-state index is -0.634. The molecule has 5 nitrogen and oxygen atoms in total. The van der Waals surface area contributed by atoms with Crippen molar-refractivity contribution in [3.63, 3.8) is 0 Å². The maximum atomic E-state index is 11.0. The lowest BCUT2D eigenvalue weighted by molar-refractivity contribution is 0.0997. The maximum absolute atomic E-state index is 11.0. The fraction of sp³-hybridized carbons (Fsp3) is 0.167. The van der Waals surface area contributed by atoms with Gasteiger partial charge in [-0.3, -0.25) is 4.79 Å². The highest BCUT2D eigenvalue weighted by atomic mass is 35.5. The van der Waals surface area contributed by atoms with E-state index in [0.717, 1.165) is 5.56 Å². The van der Waals surface area contributed by atoms with Crippen LogP contribution in [0.4, 0.5) is 5.82 Å². The zero-order chi connectivity index (χ0) is 14.0. The van der Waals surface area contributed by atoms with Crippen molar-refractivity contribution in [2.45, 2.75) is 13.0 Å². The summed E-state index contributed by atoms with van der Waals surface area (Å²) in [5, 5.41) is 1.03. The van der Waals surface area contributed by atoms with E-state index in [1.807, 2.05) is 6.07 Å². The number of imidazole rings is 1. The van der Waals surface area contributed by atoms with Gasteiger partial charge in [-0.15, -0.1) is 0 Å². The first-order chi connectivity index (χ1) is 8.99. The third-order valence-electron chi connectivity index (χ3n) is 2.74. The van der Waals surface area contributed by atoms with E-state index in [0.29, 0.717) is 23.0 Å². The molecule has 0 saturated heterocycles. The summed E-state index contributed by atoms with van der Waals surface area (Å²) in [6, 6.07) is 5.42. The van der Waals surface area contributed by atoms with Gasteiger partial charge in [-0.05, 0) is 24.1 Å². The molecule has 0 atom stereocenters. The van der Waals surface area contributed by atoms with E-state index in [1.54, 1.807) is 16.7 Å². The summed E-state index contributed by atoms with van der Waals surface area (Å²) in [4.78, 5) is 14.9. The second kappa shape index (κ2) is 5.50. The molecule has 100 valence electrons. The average Bonchev–Trinajstić information content (AvgIpc) is 2.72. The third-order valence-corrected chi connectivity index (χ3v) is 3.48. The van der Waals surface area contributed by atoms with Crippen molar-refractivity contribution in [1.82, 2.24) is 9.55 Å². The topological polar surface area (TPSA) is 86.9 Å². The van der Waals surface area contributed by atoms with Crippen LogP contribution < -0.4 is 11.5 Å². The van der Waals surface area contributed by atoms with Crippen LogP contribution in [0, 0.1) is 0 Å². The number of aromatic nitrogens is 2. The van der Waals surface area contributed by atoms with E-state index in [-0.39, 0.29) is 11.5 Å².